The Labute approximate surface area is 107 Å². The van der Waals surface area contributed by atoms with E-state index in [2.05, 4.69) is 0 Å². The number of carboxylic acid groups (broad SMARTS) is 1. The average molecular weight is 255 g/mol. The second-order valence-corrected chi connectivity index (χ2v) is 5.38. The van der Waals surface area contributed by atoms with Gasteiger partial charge in [0.25, 0.3) is 0 Å². The maximum Gasteiger partial charge on any atom is 0.308 e. The van der Waals surface area contributed by atoms with Crippen LogP contribution in [0.5, 0.6) is 0 Å². The zero-order chi connectivity index (χ0) is 13.1. The molecule has 1 aliphatic carbocycles. The van der Waals surface area contributed by atoms with Crippen LogP contribution in [0.2, 0.25) is 0 Å². The third-order valence-electron chi connectivity index (χ3n) is 3.67. The summed E-state index contributed by atoms with van der Waals surface area (Å²) >= 11 is 0. The lowest BCUT2D eigenvalue weighted by molar-refractivity contribution is -0.145. The number of ether oxygens (including phenoxy) is 1. The molecule has 0 bridgehead atoms. The fourth-order valence-corrected chi connectivity index (χ4v) is 2.35. The van der Waals surface area contributed by atoms with Crippen LogP contribution in [-0.2, 0) is 14.3 Å². The second-order valence-electron chi connectivity index (χ2n) is 5.38. The summed E-state index contributed by atoms with van der Waals surface area (Å²) in [6.07, 6.45) is 3.80. The first-order valence-corrected chi connectivity index (χ1v) is 6.70. The van der Waals surface area contributed by atoms with E-state index in [1.165, 1.54) is 0 Å². The van der Waals surface area contributed by atoms with E-state index < -0.39 is 11.9 Å². The summed E-state index contributed by atoms with van der Waals surface area (Å²) in [6, 6.07) is 0.265. The zero-order valence-electron chi connectivity index (χ0n) is 10.8. The summed E-state index contributed by atoms with van der Waals surface area (Å²) in [5, 5.41) is 8.96. The molecular weight excluding hydrogens is 234 g/mol. The number of carbonyl (C=O) groups is 2. The highest BCUT2D eigenvalue weighted by molar-refractivity contribution is 5.80. The molecule has 1 saturated carbocycles. The van der Waals surface area contributed by atoms with Crippen LogP contribution < -0.4 is 0 Å². The minimum Gasteiger partial charge on any atom is -0.481 e. The first kappa shape index (κ1) is 13.3. The van der Waals surface area contributed by atoms with Gasteiger partial charge in [-0.1, -0.05) is 6.92 Å². The van der Waals surface area contributed by atoms with Gasteiger partial charge >= 0.3 is 5.97 Å². The molecular formula is C13H21NO4. The van der Waals surface area contributed by atoms with Crippen molar-refractivity contribution in [2.24, 2.45) is 11.8 Å². The first-order valence-electron chi connectivity index (χ1n) is 6.70. The molecule has 1 aliphatic heterocycles. The zero-order valence-corrected chi connectivity index (χ0v) is 10.8. The summed E-state index contributed by atoms with van der Waals surface area (Å²) in [6.45, 7) is 3.21. The van der Waals surface area contributed by atoms with Crippen LogP contribution >= 0.6 is 0 Å². The van der Waals surface area contributed by atoms with Crippen molar-refractivity contribution < 1.29 is 19.4 Å². The summed E-state index contributed by atoms with van der Waals surface area (Å²) in [5.74, 6) is -1.32. The van der Waals surface area contributed by atoms with Crippen molar-refractivity contribution in [3.05, 3.63) is 0 Å². The molecule has 1 heterocycles. The Bertz CT molecular complexity index is 321. The second kappa shape index (κ2) is 5.69. The minimum absolute atomic E-state index is 0.0691. The molecule has 0 spiro atoms. The highest BCUT2D eigenvalue weighted by Gasteiger charge is 2.37. The Kier molecular flexibility index (Phi) is 4.22. The molecule has 102 valence electrons. The number of carboxylic acids is 1. The van der Waals surface area contributed by atoms with Crippen molar-refractivity contribution in [1.82, 2.24) is 4.90 Å². The Balaban J connectivity index is 1.95. The quantitative estimate of drug-likeness (QED) is 0.799. The van der Waals surface area contributed by atoms with Gasteiger partial charge in [-0.15, -0.1) is 0 Å². The Hall–Kier alpha value is -1.10. The van der Waals surface area contributed by atoms with Crippen LogP contribution in [0.25, 0.3) is 0 Å². The van der Waals surface area contributed by atoms with Gasteiger partial charge in [0.1, 0.15) is 0 Å². The molecule has 18 heavy (non-hydrogen) atoms. The van der Waals surface area contributed by atoms with Gasteiger partial charge in [0.15, 0.2) is 0 Å². The highest BCUT2D eigenvalue weighted by Crippen LogP contribution is 2.30. The third kappa shape index (κ3) is 3.22. The molecule has 5 nitrogen and oxygen atoms in total. The van der Waals surface area contributed by atoms with Crippen LogP contribution in [0, 0.1) is 11.8 Å². The standard InChI is InChI=1S/C13H21NO4/c1-9(13(16)17)7-14(11-4-5-11)12(15)10-3-2-6-18-8-10/h9-11H,2-8H2,1H3,(H,16,17). The van der Waals surface area contributed by atoms with Gasteiger partial charge < -0.3 is 14.7 Å². The molecule has 1 saturated heterocycles. The monoisotopic (exact) mass is 255 g/mol. The van der Waals surface area contributed by atoms with Crippen LogP contribution in [0.3, 0.4) is 0 Å². The average Bonchev–Trinajstić information content (AvgIpc) is 3.20. The molecule has 1 amide bonds. The van der Waals surface area contributed by atoms with Gasteiger partial charge in [-0.05, 0) is 25.7 Å². The lowest BCUT2D eigenvalue weighted by atomic mass is 10.00. The van der Waals surface area contributed by atoms with Crippen molar-refractivity contribution in [2.45, 2.75) is 38.6 Å². The number of aliphatic carboxylic acids is 1. The minimum atomic E-state index is -0.839. The third-order valence-corrected chi connectivity index (χ3v) is 3.67. The summed E-state index contributed by atoms with van der Waals surface area (Å²) < 4.78 is 5.34. The maximum atomic E-state index is 12.4. The number of amides is 1. The number of nitrogens with zero attached hydrogens (tertiary/aromatic N) is 1. The predicted molar refractivity (Wildman–Crippen MR) is 65.1 cm³/mol. The SMILES string of the molecule is CC(CN(C(=O)C1CCCOC1)C1CC1)C(=O)O. The molecule has 2 atom stereocenters. The van der Waals surface area contributed by atoms with Crippen molar-refractivity contribution in [1.29, 1.82) is 0 Å². The van der Waals surface area contributed by atoms with Crippen molar-refractivity contribution in [3.63, 3.8) is 0 Å². The molecule has 1 N–H and O–H groups in total. The molecule has 0 aromatic rings. The van der Waals surface area contributed by atoms with Gasteiger partial charge in [-0.25, -0.2) is 0 Å². The Morgan fingerprint density at radius 2 is 2.11 bits per heavy atom. The molecule has 5 heteroatoms. The predicted octanol–water partition coefficient (Wildman–Crippen LogP) is 1.12. The van der Waals surface area contributed by atoms with Crippen molar-refractivity contribution in [3.8, 4) is 0 Å². The van der Waals surface area contributed by atoms with Crippen molar-refractivity contribution in [2.75, 3.05) is 19.8 Å². The Morgan fingerprint density at radius 3 is 2.61 bits per heavy atom. The normalized spacial score (nSPS) is 25.5. The summed E-state index contributed by atoms with van der Waals surface area (Å²) in [7, 11) is 0. The van der Waals surface area contributed by atoms with E-state index in [1.54, 1.807) is 11.8 Å². The van der Waals surface area contributed by atoms with E-state index >= 15 is 0 Å². The molecule has 0 radical (unpaired) electrons. The lowest BCUT2D eigenvalue weighted by Gasteiger charge is -2.30. The smallest absolute Gasteiger partial charge is 0.308 e. The van der Waals surface area contributed by atoms with E-state index in [-0.39, 0.29) is 17.9 Å². The summed E-state index contributed by atoms with van der Waals surface area (Å²) in [4.78, 5) is 25.1. The van der Waals surface area contributed by atoms with Crippen LogP contribution in [-0.4, -0.2) is 47.7 Å². The lowest BCUT2D eigenvalue weighted by Crippen LogP contribution is -2.44. The number of hydrogen-bond acceptors (Lipinski definition) is 3. The van der Waals surface area contributed by atoms with E-state index in [4.69, 9.17) is 9.84 Å². The topological polar surface area (TPSA) is 66.8 Å². The van der Waals surface area contributed by atoms with Crippen LogP contribution in [0.15, 0.2) is 0 Å². The van der Waals surface area contributed by atoms with Crippen LogP contribution in [0.4, 0.5) is 0 Å². The molecule has 0 aromatic heterocycles. The largest absolute Gasteiger partial charge is 0.481 e. The molecule has 2 rings (SSSR count). The number of carbonyl (C=O) groups excluding carboxylic acids is 1. The van der Waals surface area contributed by atoms with Gasteiger partial charge in [0.05, 0.1) is 18.4 Å². The first-order chi connectivity index (χ1) is 8.59. The number of rotatable bonds is 5. The van der Waals surface area contributed by atoms with Gasteiger partial charge in [-0.3, -0.25) is 9.59 Å². The molecule has 2 fully saturated rings. The molecule has 2 aliphatic rings. The van der Waals surface area contributed by atoms with E-state index in [0.717, 1.165) is 32.3 Å². The fourth-order valence-electron chi connectivity index (χ4n) is 2.35. The van der Waals surface area contributed by atoms with Crippen molar-refractivity contribution >= 4 is 11.9 Å². The number of hydrogen-bond donors (Lipinski definition) is 1. The Morgan fingerprint density at radius 1 is 1.39 bits per heavy atom. The highest BCUT2D eigenvalue weighted by atomic mass is 16.5. The van der Waals surface area contributed by atoms with Gasteiger partial charge in [-0.2, -0.15) is 0 Å². The molecule has 0 aromatic carbocycles. The fraction of sp³-hybridized carbons (Fsp3) is 0.846. The van der Waals surface area contributed by atoms with E-state index in [0.29, 0.717) is 13.2 Å². The van der Waals surface area contributed by atoms with Crippen LogP contribution in [0.1, 0.15) is 32.6 Å². The van der Waals surface area contributed by atoms with E-state index in [9.17, 15) is 9.59 Å². The molecule has 2 unspecified atom stereocenters. The summed E-state index contributed by atoms with van der Waals surface area (Å²) in [5.41, 5.74) is 0. The van der Waals surface area contributed by atoms with E-state index in [1.807, 2.05) is 0 Å². The van der Waals surface area contributed by atoms with Gasteiger partial charge in [0.2, 0.25) is 5.91 Å². The van der Waals surface area contributed by atoms with Gasteiger partial charge in [0, 0.05) is 19.2 Å². The maximum absolute atomic E-state index is 12.4.